The van der Waals surface area contributed by atoms with Crippen LogP contribution in [0.3, 0.4) is 0 Å². The average molecular weight is 451 g/mol. The molecule has 2 bridgehead atoms. The highest BCUT2D eigenvalue weighted by Gasteiger charge is 2.34. The zero-order valence-electron chi connectivity index (χ0n) is 16.2. The molecule has 3 aliphatic rings. The molecule has 6 rings (SSSR count). The molecule has 3 aromatic rings. The van der Waals surface area contributed by atoms with Crippen LogP contribution in [0.5, 0.6) is 5.75 Å². The normalized spacial score (nSPS) is 20.5. The van der Waals surface area contributed by atoms with Crippen LogP contribution in [0.15, 0.2) is 30.6 Å². The molecule has 162 valence electrons. The number of aromatic nitrogens is 3. The third-order valence-corrected chi connectivity index (χ3v) is 5.98. The highest BCUT2D eigenvalue weighted by molar-refractivity contribution is 6.32. The van der Waals surface area contributed by atoms with Crippen molar-refractivity contribution < 1.29 is 17.9 Å². The van der Waals surface area contributed by atoms with E-state index < -0.39 is 23.2 Å². The molecular formula is C20H18ClF3N6O. The summed E-state index contributed by atoms with van der Waals surface area (Å²) in [4.78, 5) is 15.5. The molecule has 7 nitrogen and oxygen atoms in total. The Morgan fingerprint density at radius 3 is 2.77 bits per heavy atom. The number of piperazine rings is 1. The molecule has 3 saturated heterocycles. The molecule has 3 aliphatic heterocycles. The minimum Gasteiger partial charge on any atom is -0.433 e. The second-order valence-corrected chi connectivity index (χ2v) is 7.87. The maximum atomic E-state index is 14.7. The van der Waals surface area contributed by atoms with Gasteiger partial charge in [0.25, 0.3) is 0 Å². The van der Waals surface area contributed by atoms with Crippen molar-refractivity contribution in [1.29, 1.82) is 0 Å². The fourth-order valence-corrected chi connectivity index (χ4v) is 4.32. The van der Waals surface area contributed by atoms with Crippen LogP contribution in [-0.4, -0.2) is 46.7 Å². The fraction of sp³-hybridized carbons (Fsp3) is 0.350. The number of nitrogens with one attached hydrogen (secondary N) is 2. The minimum atomic E-state index is -3.11. The summed E-state index contributed by atoms with van der Waals surface area (Å²) in [5, 5.41) is 5.82. The van der Waals surface area contributed by atoms with E-state index >= 15 is 0 Å². The van der Waals surface area contributed by atoms with Gasteiger partial charge in [-0.1, -0.05) is 11.6 Å². The van der Waals surface area contributed by atoms with Crippen molar-refractivity contribution in [1.82, 2.24) is 20.3 Å². The van der Waals surface area contributed by atoms with Crippen molar-refractivity contribution in [2.75, 3.05) is 23.3 Å². The molecular weight excluding hydrogens is 433 g/mol. The quantitative estimate of drug-likeness (QED) is 0.606. The number of rotatable bonds is 5. The highest BCUT2D eigenvalue weighted by atomic mass is 35.5. The van der Waals surface area contributed by atoms with Gasteiger partial charge < -0.3 is 20.3 Å². The third kappa shape index (κ3) is 3.81. The molecule has 5 heterocycles. The second kappa shape index (κ2) is 8.01. The van der Waals surface area contributed by atoms with Crippen LogP contribution in [0, 0.1) is 5.82 Å². The Hall–Kier alpha value is -2.85. The van der Waals surface area contributed by atoms with Gasteiger partial charge in [-0.2, -0.15) is 8.78 Å². The maximum absolute atomic E-state index is 14.7. The first-order valence-corrected chi connectivity index (χ1v) is 10.2. The van der Waals surface area contributed by atoms with E-state index in [1.165, 1.54) is 18.5 Å². The fourth-order valence-electron chi connectivity index (χ4n) is 4.11. The van der Waals surface area contributed by atoms with Gasteiger partial charge in [0, 0.05) is 25.2 Å². The lowest BCUT2D eigenvalue weighted by Crippen LogP contribution is -2.61. The largest absolute Gasteiger partial charge is 0.433 e. The molecule has 3 fully saturated rings. The lowest BCUT2D eigenvalue weighted by molar-refractivity contribution is -0.0499. The van der Waals surface area contributed by atoms with E-state index in [1.54, 1.807) is 0 Å². The highest BCUT2D eigenvalue weighted by Crippen LogP contribution is 2.35. The van der Waals surface area contributed by atoms with Crippen LogP contribution in [0.1, 0.15) is 12.8 Å². The van der Waals surface area contributed by atoms with Gasteiger partial charge in [0.05, 0.1) is 11.2 Å². The zero-order chi connectivity index (χ0) is 21.5. The zero-order valence-corrected chi connectivity index (χ0v) is 16.9. The van der Waals surface area contributed by atoms with Crippen LogP contribution >= 0.6 is 11.6 Å². The molecule has 2 atom stereocenters. The Morgan fingerprint density at radius 2 is 2.06 bits per heavy atom. The van der Waals surface area contributed by atoms with Crippen molar-refractivity contribution in [3.8, 4) is 5.75 Å². The predicted octanol–water partition coefficient (Wildman–Crippen LogP) is 4.10. The molecule has 2 N–H and O–H groups in total. The number of piperidine rings is 2. The first kappa shape index (κ1) is 20.1. The number of benzene rings is 1. The molecule has 31 heavy (non-hydrogen) atoms. The summed E-state index contributed by atoms with van der Waals surface area (Å²) in [6, 6.07) is 7.01. The summed E-state index contributed by atoms with van der Waals surface area (Å²) >= 11 is 5.86. The van der Waals surface area contributed by atoms with E-state index in [1.807, 2.05) is 12.1 Å². The van der Waals surface area contributed by atoms with Gasteiger partial charge in [-0.25, -0.2) is 19.3 Å². The molecule has 0 saturated carbocycles. The summed E-state index contributed by atoms with van der Waals surface area (Å²) in [6.45, 7) is -1.32. The van der Waals surface area contributed by atoms with E-state index in [2.05, 4.69) is 30.2 Å². The van der Waals surface area contributed by atoms with Crippen LogP contribution < -0.4 is 20.3 Å². The van der Waals surface area contributed by atoms with Gasteiger partial charge in [0.15, 0.2) is 11.6 Å². The van der Waals surface area contributed by atoms with E-state index in [4.69, 9.17) is 16.6 Å². The number of ether oxygens (including phenoxy) is 1. The van der Waals surface area contributed by atoms with E-state index in [0.29, 0.717) is 23.1 Å². The molecule has 0 spiro atoms. The van der Waals surface area contributed by atoms with Crippen molar-refractivity contribution >= 4 is 40.0 Å². The minimum absolute atomic E-state index is 0.0416. The number of halogens is 4. The summed E-state index contributed by atoms with van der Waals surface area (Å²) in [6.07, 6.45) is 3.59. The van der Waals surface area contributed by atoms with Crippen LogP contribution in [0.25, 0.3) is 11.0 Å². The van der Waals surface area contributed by atoms with Crippen molar-refractivity contribution in [3.63, 3.8) is 0 Å². The van der Waals surface area contributed by atoms with Gasteiger partial charge >= 0.3 is 6.61 Å². The van der Waals surface area contributed by atoms with Crippen LogP contribution in [0.4, 0.5) is 30.5 Å². The topological polar surface area (TPSA) is 75.2 Å². The Kier molecular flexibility index (Phi) is 5.19. The Morgan fingerprint density at radius 1 is 1.19 bits per heavy atom. The monoisotopic (exact) mass is 450 g/mol. The van der Waals surface area contributed by atoms with Gasteiger partial charge in [0.1, 0.15) is 28.4 Å². The Balaban J connectivity index is 1.48. The summed E-state index contributed by atoms with van der Waals surface area (Å²) in [7, 11) is 0. The van der Waals surface area contributed by atoms with Gasteiger partial charge in [0.2, 0.25) is 0 Å². The molecule has 0 aliphatic carbocycles. The molecule has 1 unspecified atom stereocenters. The van der Waals surface area contributed by atoms with Crippen LogP contribution in [-0.2, 0) is 0 Å². The average Bonchev–Trinajstić information content (AvgIpc) is 2.79. The first-order valence-electron chi connectivity index (χ1n) is 9.81. The van der Waals surface area contributed by atoms with Crippen LogP contribution in [0.2, 0.25) is 5.02 Å². The second-order valence-electron chi connectivity index (χ2n) is 7.49. The number of pyridine rings is 1. The van der Waals surface area contributed by atoms with E-state index in [-0.39, 0.29) is 11.5 Å². The van der Waals surface area contributed by atoms with Gasteiger partial charge in [-0.3, -0.25) is 0 Å². The SMILES string of the molecule is Fc1c(Nc2ncnc3ccc(N4C[C@H]5CCC4CN5)nc23)ccc(OC(F)F)c1Cl. The Bertz CT molecular complexity index is 1130. The third-order valence-electron chi connectivity index (χ3n) is 5.63. The smallest absolute Gasteiger partial charge is 0.387 e. The van der Waals surface area contributed by atoms with E-state index in [9.17, 15) is 13.2 Å². The van der Waals surface area contributed by atoms with Gasteiger partial charge in [-0.15, -0.1) is 0 Å². The summed E-state index contributed by atoms with van der Waals surface area (Å²) in [5.41, 5.74) is 1.02. The predicted molar refractivity (Wildman–Crippen MR) is 111 cm³/mol. The number of anilines is 3. The number of alkyl halides is 2. The summed E-state index contributed by atoms with van der Waals surface area (Å²) in [5.74, 6) is -0.283. The molecule has 11 heteroatoms. The first-order chi connectivity index (χ1) is 15.0. The lowest BCUT2D eigenvalue weighted by Gasteiger charge is -2.46. The molecule has 0 radical (unpaired) electrons. The molecule has 0 amide bonds. The summed E-state index contributed by atoms with van der Waals surface area (Å²) < 4.78 is 43.8. The van der Waals surface area contributed by atoms with Crippen molar-refractivity contribution in [3.05, 3.63) is 41.4 Å². The standard InChI is InChI=1S/C20H18ClF3N6O/c21-16-14(31-20(23)24)5-3-12(17(16)22)28-19-18-13(26-9-27-19)4-6-15(29-18)30-8-10-1-2-11(30)7-25-10/h3-6,9-11,20,25H,1-2,7-8H2,(H,26,27,28)/t10-,11?/m1/s1. The van der Waals surface area contributed by atoms with Gasteiger partial charge in [-0.05, 0) is 37.1 Å². The molecule has 2 aromatic heterocycles. The van der Waals surface area contributed by atoms with Crippen molar-refractivity contribution in [2.24, 2.45) is 0 Å². The Labute approximate surface area is 180 Å². The lowest BCUT2D eigenvalue weighted by atomic mass is 9.93. The van der Waals surface area contributed by atoms with E-state index in [0.717, 1.165) is 31.7 Å². The number of nitrogens with zero attached hydrogens (tertiary/aromatic N) is 4. The number of hydrogen-bond acceptors (Lipinski definition) is 7. The molecule has 1 aromatic carbocycles. The van der Waals surface area contributed by atoms with Crippen molar-refractivity contribution in [2.45, 2.75) is 31.5 Å². The maximum Gasteiger partial charge on any atom is 0.387 e. The number of hydrogen-bond donors (Lipinski definition) is 2. The number of fused-ring (bicyclic) bond motifs is 4.